The second kappa shape index (κ2) is 7.37. The largest absolute Gasteiger partial charge is 0.345 e. The van der Waals surface area contributed by atoms with Gasteiger partial charge in [-0.3, -0.25) is 14.9 Å². The summed E-state index contributed by atoms with van der Waals surface area (Å²) in [7, 11) is 0. The zero-order chi connectivity index (χ0) is 18.7. The second-order valence-electron chi connectivity index (χ2n) is 5.68. The Morgan fingerprint density at radius 2 is 2.00 bits per heavy atom. The van der Waals surface area contributed by atoms with Gasteiger partial charge in [0.25, 0.3) is 11.6 Å². The molecule has 0 saturated heterocycles. The van der Waals surface area contributed by atoms with Crippen LogP contribution in [0.1, 0.15) is 28.9 Å². The van der Waals surface area contributed by atoms with E-state index in [-0.39, 0.29) is 22.3 Å². The van der Waals surface area contributed by atoms with E-state index in [1.807, 2.05) is 42.0 Å². The van der Waals surface area contributed by atoms with Crippen molar-refractivity contribution in [3.63, 3.8) is 0 Å². The van der Waals surface area contributed by atoms with Gasteiger partial charge in [-0.05, 0) is 36.8 Å². The summed E-state index contributed by atoms with van der Waals surface area (Å²) in [6, 6.07) is 11.2. The van der Waals surface area contributed by atoms with Gasteiger partial charge in [-0.1, -0.05) is 23.7 Å². The third-order valence-electron chi connectivity index (χ3n) is 3.94. The Hall–Kier alpha value is -3.19. The lowest BCUT2D eigenvalue weighted by Gasteiger charge is -2.15. The molecule has 7 nitrogen and oxygen atoms in total. The molecule has 8 heteroatoms. The Labute approximate surface area is 154 Å². The number of carbonyl (C=O) groups excluding carboxylic acids is 1. The molecule has 2 aromatic carbocycles. The molecule has 3 aromatic rings. The molecule has 0 aliphatic rings. The third kappa shape index (κ3) is 3.73. The number of nitrogens with one attached hydrogen (secondary N) is 1. The van der Waals surface area contributed by atoms with Crippen molar-refractivity contribution in [3.8, 4) is 5.69 Å². The first kappa shape index (κ1) is 17.6. The number of imidazole rings is 1. The number of hydrogen-bond acceptors (Lipinski definition) is 4. The van der Waals surface area contributed by atoms with Crippen LogP contribution >= 0.6 is 11.6 Å². The van der Waals surface area contributed by atoms with Gasteiger partial charge in [0, 0.05) is 29.2 Å². The van der Waals surface area contributed by atoms with Crippen LogP contribution in [0.4, 0.5) is 5.69 Å². The van der Waals surface area contributed by atoms with Crippen LogP contribution in [0.15, 0.2) is 61.2 Å². The molecule has 0 aliphatic heterocycles. The van der Waals surface area contributed by atoms with Crippen molar-refractivity contribution >= 4 is 23.2 Å². The lowest BCUT2D eigenvalue weighted by molar-refractivity contribution is -0.385. The minimum atomic E-state index is -0.620. The molecule has 26 heavy (non-hydrogen) atoms. The summed E-state index contributed by atoms with van der Waals surface area (Å²) in [5.74, 6) is -0.528. The van der Waals surface area contributed by atoms with E-state index < -0.39 is 10.8 Å². The van der Waals surface area contributed by atoms with E-state index in [4.69, 9.17) is 11.6 Å². The monoisotopic (exact) mass is 370 g/mol. The molecule has 0 radical (unpaired) electrons. The molecule has 0 aliphatic carbocycles. The average Bonchev–Trinajstić information content (AvgIpc) is 3.16. The van der Waals surface area contributed by atoms with Gasteiger partial charge in [0.1, 0.15) is 5.56 Å². The Morgan fingerprint density at radius 3 is 2.62 bits per heavy atom. The van der Waals surface area contributed by atoms with Crippen molar-refractivity contribution in [2.45, 2.75) is 13.0 Å². The Morgan fingerprint density at radius 1 is 1.27 bits per heavy atom. The number of hydrogen-bond donors (Lipinski definition) is 1. The van der Waals surface area contributed by atoms with Crippen molar-refractivity contribution < 1.29 is 9.72 Å². The van der Waals surface area contributed by atoms with Gasteiger partial charge >= 0.3 is 0 Å². The molecule has 1 atom stereocenters. The smallest absolute Gasteiger partial charge is 0.283 e. The van der Waals surface area contributed by atoms with Gasteiger partial charge in [-0.25, -0.2) is 4.98 Å². The molecule has 1 N–H and O–H groups in total. The molecule has 0 saturated carbocycles. The number of nitrogens with zero attached hydrogens (tertiary/aromatic N) is 3. The highest BCUT2D eigenvalue weighted by Crippen LogP contribution is 2.24. The average molecular weight is 371 g/mol. The molecule has 1 amide bonds. The summed E-state index contributed by atoms with van der Waals surface area (Å²) in [6.07, 6.45) is 5.22. The normalized spacial score (nSPS) is 11.8. The maximum Gasteiger partial charge on any atom is 0.283 e. The number of benzene rings is 2. The van der Waals surface area contributed by atoms with Crippen molar-refractivity contribution in [2.75, 3.05) is 0 Å². The van der Waals surface area contributed by atoms with Crippen molar-refractivity contribution in [1.29, 1.82) is 0 Å². The molecule has 1 aromatic heterocycles. The molecule has 0 fully saturated rings. The number of halogens is 1. The second-order valence-corrected chi connectivity index (χ2v) is 6.11. The summed E-state index contributed by atoms with van der Waals surface area (Å²) in [4.78, 5) is 27.0. The van der Waals surface area contributed by atoms with Gasteiger partial charge in [-0.15, -0.1) is 0 Å². The van der Waals surface area contributed by atoms with Crippen LogP contribution in [-0.4, -0.2) is 20.4 Å². The van der Waals surface area contributed by atoms with E-state index in [0.29, 0.717) is 0 Å². The molecular weight excluding hydrogens is 356 g/mol. The Balaban J connectivity index is 1.76. The quantitative estimate of drug-likeness (QED) is 0.544. The lowest BCUT2D eigenvalue weighted by atomic mass is 10.1. The number of aromatic nitrogens is 2. The third-order valence-corrected chi connectivity index (χ3v) is 4.18. The van der Waals surface area contributed by atoms with Crippen LogP contribution < -0.4 is 5.32 Å². The fourth-order valence-corrected chi connectivity index (χ4v) is 2.72. The highest BCUT2D eigenvalue weighted by Gasteiger charge is 2.22. The Bertz CT molecular complexity index is 940. The van der Waals surface area contributed by atoms with Crippen LogP contribution in [0, 0.1) is 10.1 Å². The SMILES string of the molecule is CC(NC(=O)c1ccc(Cl)cc1[N+](=O)[O-])c1ccc(-n2ccnc2)cc1. The number of nitro groups is 1. The van der Waals surface area contributed by atoms with E-state index in [1.54, 1.807) is 12.5 Å². The van der Waals surface area contributed by atoms with Crippen molar-refractivity contribution in [3.05, 3.63) is 87.4 Å². The standard InChI is InChI=1S/C18H15ClN4O3/c1-12(13-2-5-15(6-3-13)22-9-8-20-11-22)21-18(24)16-7-4-14(19)10-17(16)23(25)26/h2-12H,1H3,(H,21,24). The zero-order valence-electron chi connectivity index (χ0n) is 13.8. The van der Waals surface area contributed by atoms with Crippen molar-refractivity contribution in [2.24, 2.45) is 0 Å². The van der Waals surface area contributed by atoms with Gasteiger partial charge < -0.3 is 9.88 Å². The summed E-state index contributed by atoms with van der Waals surface area (Å²) in [5, 5.41) is 14.1. The van der Waals surface area contributed by atoms with E-state index in [9.17, 15) is 14.9 Å². The summed E-state index contributed by atoms with van der Waals surface area (Å²) in [5.41, 5.74) is 1.47. The summed E-state index contributed by atoms with van der Waals surface area (Å²) in [6.45, 7) is 1.81. The first-order valence-corrected chi connectivity index (χ1v) is 8.16. The van der Waals surface area contributed by atoms with Crippen LogP contribution in [0.5, 0.6) is 0 Å². The molecule has 3 rings (SSSR count). The molecule has 1 unspecified atom stereocenters. The minimum absolute atomic E-state index is 0.0266. The number of rotatable bonds is 5. The van der Waals surface area contributed by atoms with Gasteiger partial charge in [0.2, 0.25) is 0 Å². The first-order chi connectivity index (χ1) is 12.5. The fourth-order valence-electron chi connectivity index (χ4n) is 2.55. The maximum absolute atomic E-state index is 12.4. The van der Waals surface area contributed by atoms with Crippen LogP contribution in [-0.2, 0) is 0 Å². The summed E-state index contributed by atoms with van der Waals surface area (Å²) < 4.78 is 1.87. The van der Waals surface area contributed by atoms with E-state index in [0.717, 1.165) is 11.3 Å². The van der Waals surface area contributed by atoms with E-state index in [2.05, 4.69) is 10.3 Å². The maximum atomic E-state index is 12.4. The number of carbonyl (C=O) groups is 1. The van der Waals surface area contributed by atoms with Crippen LogP contribution in [0.3, 0.4) is 0 Å². The molecule has 0 spiro atoms. The van der Waals surface area contributed by atoms with Gasteiger partial charge in [0.05, 0.1) is 17.3 Å². The zero-order valence-corrected chi connectivity index (χ0v) is 14.6. The van der Waals surface area contributed by atoms with E-state index >= 15 is 0 Å². The number of amides is 1. The molecule has 1 heterocycles. The van der Waals surface area contributed by atoms with Gasteiger partial charge in [0.15, 0.2) is 0 Å². The molecule has 132 valence electrons. The highest BCUT2D eigenvalue weighted by molar-refractivity contribution is 6.31. The van der Waals surface area contributed by atoms with Gasteiger partial charge in [-0.2, -0.15) is 0 Å². The topological polar surface area (TPSA) is 90.1 Å². The molecular formula is C18H15ClN4O3. The van der Waals surface area contributed by atoms with Crippen LogP contribution in [0.2, 0.25) is 5.02 Å². The molecule has 0 bridgehead atoms. The predicted molar refractivity (Wildman–Crippen MR) is 97.6 cm³/mol. The fraction of sp³-hybridized carbons (Fsp3) is 0.111. The number of nitro benzene ring substituents is 1. The summed E-state index contributed by atoms with van der Waals surface area (Å²) >= 11 is 5.78. The first-order valence-electron chi connectivity index (χ1n) is 7.79. The van der Waals surface area contributed by atoms with E-state index in [1.165, 1.54) is 18.2 Å². The highest BCUT2D eigenvalue weighted by atomic mass is 35.5. The van der Waals surface area contributed by atoms with Crippen molar-refractivity contribution in [1.82, 2.24) is 14.9 Å². The Kier molecular flexibility index (Phi) is 4.99. The predicted octanol–water partition coefficient (Wildman–Crippen LogP) is 3.92. The lowest BCUT2D eigenvalue weighted by Crippen LogP contribution is -2.27. The van der Waals surface area contributed by atoms with Crippen LogP contribution in [0.25, 0.3) is 5.69 Å². The minimum Gasteiger partial charge on any atom is -0.345 e.